The Morgan fingerprint density at radius 2 is 2.00 bits per heavy atom. The summed E-state index contributed by atoms with van der Waals surface area (Å²) in [6.07, 6.45) is 1.42. The van der Waals surface area contributed by atoms with E-state index in [2.05, 4.69) is 0 Å². The molecule has 0 spiro atoms. The molecule has 3 heterocycles. The van der Waals surface area contributed by atoms with E-state index < -0.39 is 6.04 Å². The van der Waals surface area contributed by atoms with Crippen molar-refractivity contribution in [2.75, 3.05) is 18.6 Å². The van der Waals surface area contributed by atoms with Crippen LogP contribution in [0.25, 0.3) is 10.2 Å². The molecule has 1 atom stereocenters. The third-order valence-electron chi connectivity index (χ3n) is 5.54. The fraction of sp³-hybridized carbons (Fsp3) is 0.208. The van der Waals surface area contributed by atoms with E-state index in [0.29, 0.717) is 34.4 Å². The van der Waals surface area contributed by atoms with Crippen LogP contribution in [0.4, 0.5) is 10.8 Å². The first-order valence-electron chi connectivity index (χ1n) is 10.3. The first-order chi connectivity index (χ1) is 15.7. The van der Waals surface area contributed by atoms with Crippen molar-refractivity contribution in [3.8, 4) is 5.75 Å². The summed E-state index contributed by atoms with van der Waals surface area (Å²) in [5.41, 5.74) is 1.51. The Hall–Kier alpha value is -3.23. The van der Waals surface area contributed by atoms with E-state index in [1.54, 1.807) is 23.0 Å². The largest absolute Gasteiger partial charge is 0.497 e. The molecule has 6 nitrogen and oxygen atoms in total. The van der Waals surface area contributed by atoms with Gasteiger partial charge in [-0.2, -0.15) is 0 Å². The number of rotatable bonds is 5. The smallest absolute Gasteiger partial charge is 0.264 e. The molecule has 2 aromatic carbocycles. The number of carbonyl (C=O) groups excluding carboxylic acids is 2. The van der Waals surface area contributed by atoms with Crippen LogP contribution in [-0.4, -0.2) is 41.4 Å². The van der Waals surface area contributed by atoms with Crippen molar-refractivity contribution in [2.45, 2.75) is 18.9 Å². The summed E-state index contributed by atoms with van der Waals surface area (Å²) in [5, 5.41) is 2.46. The average Bonchev–Trinajstić information content (AvgIpc) is 3.59. The van der Waals surface area contributed by atoms with E-state index in [0.717, 1.165) is 16.6 Å². The van der Waals surface area contributed by atoms with Gasteiger partial charge < -0.3 is 9.64 Å². The number of hydrogen-bond donors (Lipinski definition) is 0. The summed E-state index contributed by atoms with van der Waals surface area (Å²) in [6, 6.07) is 18.3. The molecule has 8 heteroatoms. The SMILES string of the molecule is COc1cccc(N(C(=O)[C@@H]2CCCN2C(=O)c2cccs2)c2nc3ccccc3s2)c1. The molecule has 1 fully saturated rings. The number of likely N-dealkylation sites (tertiary alicyclic amines) is 1. The molecule has 32 heavy (non-hydrogen) atoms. The van der Waals surface area contributed by atoms with E-state index in [4.69, 9.17) is 9.72 Å². The zero-order valence-electron chi connectivity index (χ0n) is 17.4. The number of fused-ring (bicyclic) bond motifs is 1. The molecule has 0 N–H and O–H groups in total. The fourth-order valence-corrected chi connectivity index (χ4v) is 5.67. The second-order valence-corrected chi connectivity index (χ2v) is 9.43. The van der Waals surface area contributed by atoms with Crippen molar-refractivity contribution in [3.05, 3.63) is 70.9 Å². The van der Waals surface area contributed by atoms with Crippen molar-refractivity contribution >= 4 is 55.5 Å². The number of methoxy groups -OCH3 is 1. The highest BCUT2D eigenvalue weighted by Gasteiger charge is 2.39. The maximum Gasteiger partial charge on any atom is 0.264 e. The van der Waals surface area contributed by atoms with Crippen LogP contribution in [0.2, 0.25) is 0 Å². The Bertz CT molecular complexity index is 1240. The summed E-state index contributed by atoms with van der Waals surface area (Å²) in [7, 11) is 1.60. The van der Waals surface area contributed by atoms with Gasteiger partial charge in [-0.3, -0.25) is 14.5 Å². The maximum absolute atomic E-state index is 14.0. The standard InChI is InChI=1S/C24H21N3O3S2/c1-30-17-8-4-7-16(15-17)27(24-25-18-9-2-3-11-20(18)32-24)22(28)19-10-5-13-26(19)23(29)21-12-6-14-31-21/h2-4,6-9,11-12,14-15,19H,5,10,13H2,1H3/t19-/m0/s1. The second-order valence-electron chi connectivity index (χ2n) is 7.47. The van der Waals surface area contributed by atoms with Crippen LogP contribution in [0.3, 0.4) is 0 Å². The summed E-state index contributed by atoms with van der Waals surface area (Å²) in [5.74, 6) is 0.407. The van der Waals surface area contributed by atoms with Gasteiger partial charge in [0.15, 0.2) is 5.13 Å². The number of ether oxygens (including phenoxy) is 1. The molecule has 0 radical (unpaired) electrons. The third kappa shape index (κ3) is 3.76. The van der Waals surface area contributed by atoms with E-state index in [1.807, 2.05) is 60.0 Å². The molecule has 1 aliphatic rings. The molecule has 1 aliphatic heterocycles. The lowest BCUT2D eigenvalue weighted by atomic mass is 10.1. The molecule has 2 amide bonds. The highest BCUT2D eigenvalue weighted by Crippen LogP contribution is 2.37. The number of anilines is 2. The van der Waals surface area contributed by atoms with Gasteiger partial charge in [0.05, 0.1) is 27.9 Å². The number of thiazole rings is 1. The molecular formula is C24H21N3O3S2. The van der Waals surface area contributed by atoms with Crippen LogP contribution < -0.4 is 9.64 Å². The van der Waals surface area contributed by atoms with Crippen molar-refractivity contribution < 1.29 is 14.3 Å². The number of benzene rings is 2. The highest BCUT2D eigenvalue weighted by molar-refractivity contribution is 7.22. The van der Waals surface area contributed by atoms with Crippen LogP contribution in [0.5, 0.6) is 5.75 Å². The maximum atomic E-state index is 14.0. The first kappa shape index (κ1) is 20.7. The Morgan fingerprint density at radius 1 is 1.12 bits per heavy atom. The highest BCUT2D eigenvalue weighted by atomic mass is 32.1. The van der Waals surface area contributed by atoms with Gasteiger partial charge >= 0.3 is 0 Å². The van der Waals surface area contributed by atoms with Gasteiger partial charge in [0, 0.05) is 12.6 Å². The molecule has 0 unspecified atom stereocenters. The summed E-state index contributed by atoms with van der Waals surface area (Å²) >= 11 is 2.86. The molecule has 0 saturated carbocycles. The number of thiophene rings is 1. The average molecular weight is 464 g/mol. The zero-order chi connectivity index (χ0) is 22.1. The van der Waals surface area contributed by atoms with Crippen molar-refractivity contribution in [3.63, 3.8) is 0 Å². The van der Waals surface area contributed by atoms with Crippen molar-refractivity contribution in [1.82, 2.24) is 9.88 Å². The van der Waals surface area contributed by atoms with Crippen LogP contribution in [0, 0.1) is 0 Å². The van der Waals surface area contributed by atoms with Gasteiger partial charge in [0.25, 0.3) is 11.8 Å². The molecule has 2 aromatic heterocycles. The Kier molecular flexibility index (Phi) is 5.63. The van der Waals surface area contributed by atoms with Gasteiger partial charge in [-0.1, -0.05) is 35.6 Å². The van der Waals surface area contributed by atoms with E-state index in [-0.39, 0.29) is 11.8 Å². The monoisotopic (exact) mass is 463 g/mol. The molecule has 0 bridgehead atoms. The zero-order valence-corrected chi connectivity index (χ0v) is 19.1. The Labute approximate surface area is 193 Å². The lowest BCUT2D eigenvalue weighted by molar-refractivity contribution is -0.121. The summed E-state index contributed by atoms with van der Waals surface area (Å²) in [4.78, 5) is 35.8. The quantitative estimate of drug-likeness (QED) is 0.401. The number of amides is 2. The first-order valence-corrected chi connectivity index (χ1v) is 12.0. The molecule has 162 valence electrons. The van der Waals surface area contributed by atoms with Crippen molar-refractivity contribution in [1.29, 1.82) is 0 Å². The second kappa shape index (κ2) is 8.72. The number of aromatic nitrogens is 1. The predicted molar refractivity (Wildman–Crippen MR) is 128 cm³/mol. The minimum atomic E-state index is -0.539. The Morgan fingerprint density at radius 3 is 2.78 bits per heavy atom. The van der Waals surface area contributed by atoms with Crippen LogP contribution in [0.1, 0.15) is 22.5 Å². The van der Waals surface area contributed by atoms with Gasteiger partial charge in [-0.25, -0.2) is 4.98 Å². The summed E-state index contributed by atoms with van der Waals surface area (Å²) in [6.45, 7) is 0.568. The van der Waals surface area contributed by atoms with E-state index >= 15 is 0 Å². The van der Waals surface area contributed by atoms with Gasteiger partial charge in [-0.05, 0) is 48.6 Å². The van der Waals surface area contributed by atoms with Gasteiger partial charge in [-0.15, -0.1) is 11.3 Å². The van der Waals surface area contributed by atoms with E-state index in [9.17, 15) is 9.59 Å². The molecule has 1 saturated heterocycles. The fourth-order valence-electron chi connectivity index (χ4n) is 3.99. The van der Waals surface area contributed by atoms with Gasteiger partial charge in [0.2, 0.25) is 0 Å². The number of carbonyl (C=O) groups is 2. The van der Waals surface area contributed by atoms with Crippen LogP contribution in [-0.2, 0) is 4.79 Å². The molecular weight excluding hydrogens is 442 g/mol. The van der Waals surface area contributed by atoms with E-state index in [1.165, 1.54) is 22.7 Å². The van der Waals surface area contributed by atoms with Crippen LogP contribution >= 0.6 is 22.7 Å². The lowest BCUT2D eigenvalue weighted by Crippen LogP contribution is -2.46. The minimum Gasteiger partial charge on any atom is -0.497 e. The summed E-state index contributed by atoms with van der Waals surface area (Å²) < 4.78 is 6.40. The van der Waals surface area contributed by atoms with Crippen LogP contribution in [0.15, 0.2) is 66.0 Å². The number of nitrogens with zero attached hydrogens (tertiary/aromatic N) is 3. The molecule has 0 aliphatic carbocycles. The number of para-hydroxylation sites is 1. The minimum absolute atomic E-state index is 0.0919. The molecule has 5 rings (SSSR count). The normalized spacial score (nSPS) is 15.8. The molecule has 4 aromatic rings. The Balaban J connectivity index is 1.56. The van der Waals surface area contributed by atoms with Crippen molar-refractivity contribution in [2.24, 2.45) is 0 Å². The van der Waals surface area contributed by atoms with Gasteiger partial charge in [0.1, 0.15) is 11.8 Å². The predicted octanol–water partition coefficient (Wildman–Crippen LogP) is 5.34. The lowest BCUT2D eigenvalue weighted by Gasteiger charge is -2.29. The topological polar surface area (TPSA) is 62.7 Å². The number of hydrogen-bond acceptors (Lipinski definition) is 6. The third-order valence-corrected chi connectivity index (χ3v) is 7.42.